The van der Waals surface area contributed by atoms with Crippen molar-refractivity contribution < 1.29 is 9.53 Å². The first-order valence-electron chi connectivity index (χ1n) is 9.50. The van der Waals surface area contributed by atoms with E-state index in [4.69, 9.17) is 4.74 Å². The fraction of sp³-hybridized carbons (Fsp3) is 0.476. The molecule has 0 radical (unpaired) electrons. The molecule has 3 heterocycles. The Morgan fingerprint density at radius 2 is 1.74 bits per heavy atom. The summed E-state index contributed by atoms with van der Waals surface area (Å²) in [5.41, 5.74) is 2.07. The third-order valence-electron chi connectivity index (χ3n) is 5.39. The Bertz CT molecular complexity index is 824. The van der Waals surface area contributed by atoms with Crippen LogP contribution in [0.3, 0.4) is 0 Å². The molecule has 6 heteroatoms. The minimum atomic E-state index is -0.465. The molecule has 1 fully saturated rings. The molecule has 27 heavy (non-hydrogen) atoms. The number of rotatable bonds is 1. The van der Waals surface area contributed by atoms with Gasteiger partial charge in [0.2, 0.25) is 5.95 Å². The van der Waals surface area contributed by atoms with Crippen LogP contribution in [0.1, 0.15) is 39.2 Å². The predicted octanol–water partition coefficient (Wildman–Crippen LogP) is 3.90. The second-order valence-electron chi connectivity index (χ2n) is 8.40. The lowest BCUT2D eigenvalue weighted by Crippen LogP contribution is -2.48. The number of ether oxygens (including phenoxy) is 1. The standard InChI is InChI=1S/C21H26N4O2/c1-20(2,3)27-19(26)24-13-9-21(10-14-24)15-25(18-22-11-6-12-23-18)17-8-5-4-7-16(17)21/h4-8,11-12H,9-10,13-15H2,1-3H3. The maximum absolute atomic E-state index is 12.4. The van der Waals surface area contributed by atoms with Crippen molar-refractivity contribution in [1.82, 2.24) is 14.9 Å². The molecule has 142 valence electrons. The second kappa shape index (κ2) is 6.51. The maximum Gasteiger partial charge on any atom is 0.410 e. The Morgan fingerprint density at radius 3 is 2.41 bits per heavy atom. The number of hydrogen-bond donors (Lipinski definition) is 0. The zero-order valence-corrected chi connectivity index (χ0v) is 16.2. The number of benzene rings is 1. The topological polar surface area (TPSA) is 58.6 Å². The van der Waals surface area contributed by atoms with Gasteiger partial charge in [-0.25, -0.2) is 14.8 Å². The van der Waals surface area contributed by atoms with Crippen LogP contribution < -0.4 is 4.90 Å². The minimum absolute atomic E-state index is 0.0221. The first-order valence-corrected chi connectivity index (χ1v) is 9.50. The molecule has 6 nitrogen and oxygen atoms in total. The molecule has 2 aromatic rings. The van der Waals surface area contributed by atoms with E-state index in [0.717, 1.165) is 25.3 Å². The number of aromatic nitrogens is 2. The molecule has 1 aromatic carbocycles. The molecule has 1 amide bonds. The van der Waals surface area contributed by atoms with Crippen LogP contribution in [-0.2, 0) is 10.2 Å². The molecule has 0 atom stereocenters. The lowest BCUT2D eigenvalue weighted by Gasteiger charge is -2.40. The monoisotopic (exact) mass is 366 g/mol. The van der Waals surface area contributed by atoms with Crippen molar-refractivity contribution in [2.24, 2.45) is 0 Å². The van der Waals surface area contributed by atoms with Crippen molar-refractivity contribution in [3.05, 3.63) is 48.3 Å². The number of fused-ring (bicyclic) bond motifs is 2. The minimum Gasteiger partial charge on any atom is -0.444 e. The van der Waals surface area contributed by atoms with Gasteiger partial charge in [0.05, 0.1) is 0 Å². The lowest BCUT2D eigenvalue weighted by atomic mass is 9.74. The van der Waals surface area contributed by atoms with E-state index in [-0.39, 0.29) is 11.5 Å². The van der Waals surface area contributed by atoms with Gasteiger partial charge in [-0.15, -0.1) is 0 Å². The smallest absolute Gasteiger partial charge is 0.410 e. The quantitative estimate of drug-likeness (QED) is 0.766. The Kier molecular flexibility index (Phi) is 4.29. The summed E-state index contributed by atoms with van der Waals surface area (Å²) in [5.74, 6) is 0.733. The van der Waals surface area contributed by atoms with Crippen LogP contribution in [0.25, 0.3) is 0 Å². The summed E-state index contributed by atoms with van der Waals surface area (Å²) in [6.07, 6.45) is 5.16. The van der Waals surface area contributed by atoms with Crippen LogP contribution in [0.4, 0.5) is 16.4 Å². The van der Waals surface area contributed by atoms with Gasteiger partial charge in [-0.1, -0.05) is 18.2 Å². The fourth-order valence-corrected chi connectivity index (χ4v) is 4.11. The van der Waals surface area contributed by atoms with E-state index in [1.807, 2.05) is 31.7 Å². The van der Waals surface area contributed by atoms with Gasteiger partial charge in [-0.05, 0) is 51.3 Å². The molecule has 2 aliphatic heterocycles. The number of para-hydroxylation sites is 1. The van der Waals surface area contributed by atoms with Gasteiger partial charge >= 0.3 is 6.09 Å². The van der Waals surface area contributed by atoms with Crippen LogP contribution in [0, 0.1) is 0 Å². The molecule has 0 N–H and O–H groups in total. The number of hydrogen-bond acceptors (Lipinski definition) is 5. The molecule has 1 spiro atoms. The summed E-state index contributed by atoms with van der Waals surface area (Å²) in [7, 11) is 0. The summed E-state index contributed by atoms with van der Waals surface area (Å²) in [5, 5.41) is 0. The van der Waals surface area contributed by atoms with Crippen LogP contribution >= 0.6 is 0 Å². The SMILES string of the molecule is CC(C)(C)OC(=O)N1CCC2(CC1)CN(c1ncccn1)c1ccccc12. The van der Waals surface area contributed by atoms with Gasteiger partial charge in [-0.2, -0.15) is 0 Å². The van der Waals surface area contributed by atoms with E-state index in [1.165, 1.54) is 11.3 Å². The molecule has 1 saturated heterocycles. The normalized spacial score (nSPS) is 18.5. The van der Waals surface area contributed by atoms with Crippen molar-refractivity contribution in [1.29, 1.82) is 0 Å². The van der Waals surface area contributed by atoms with E-state index in [2.05, 4.69) is 39.1 Å². The van der Waals surface area contributed by atoms with Gasteiger partial charge in [-0.3, -0.25) is 0 Å². The van der Waals surface area contributed by atoms with Gasteiger partial charge in [0.15, 0.2) is 0 Å². The van der Waals surface area contributed by atoms with Gasteiger partial charge in [0.25, 0.3) is 0 Å². The highest BCUT2D eigenvalue weighted by Crippen LogP contribution is 2.48. The van der Waals surface area contributed by atoms with Gasteiger partial charge in [0, 0.05) is 43.1 Å². The summed E-state index contributed by atoms with van der Waals surface area (Å²) in [6.45, 7) is 7.96. The average Bonchev–Trinajstić information content (AvgIpc) is 2.96. The van der Waals surface area contributed by atoms with Crippen LogP contribution in [-0.4, -0.2) is 46.2 Å². The zero-order chi connectivity index (χ0) is 19.1. The van der Waals surface area contributed by atoms with Crippen LogP contribution in [0.2, 0.25) is 0 Å². The molecule has 2 aliphatic rings. The van der Waals surface area contributed by atoms with Crippen molar-refractivity contribution in [3.63, 3.8) is 0 Å². The number of amides is 1. The maximum atomic E-state index is 12.4. The molecular formula is C21H26N4O2. The summed E-state index contributed by atoms with van der Waals surface area (Å²) in [6, 6.07) is 10.3. The number of likely N-dealkylation sites (tertiary alicyclic amines) is 1. The highest BCUT2D eigenvalue weighted by Gasteiger charge is 2.46. The largest absolute Gasteiger partial charge is 0.444 e. The molecule has 1 aromatic heterocycles. The van der Waals surface area contributed by atoms with Crippen molar-refractivity contribution in [3.8, 4) is 0 Å². The Balaban J connectivity index is 1.56. The molecule has 0 bridgehead atoms. The highest BCUT2D eigenvalue weighted by molar-refractivity contribution is 5.71. The highest BCUT2D eigenvalue weighted by atomic mass is 16.6. The Hall–Kier alpha value is -2.63. The molecule has 0 unspecified atom stereocenters. The second-order valence-corrected chi connectivity index (χ2v) is 8.40. The van der Waals surface area contributed by atoms with E-state index < -0.39 is 5.60 Å². The molecule has 0 aliphatic carbocycles. The van der Waals surface area contributed by atoms with E-state index in [9.17, 15) is 4.79 Å². The summed E-state index contributed by atoms with van der Waals surface area (Å²) < 4.78 is 5.54. The van der Waals surface area contributed by atoms with Crippen molar-refractivity contribution in [2.45, 2.75) is 44.6 Å². The van der Waals surface area contributed by atoms with E-state index >= 15 is 0 Å². The Labute approximate surface area is 160 Å². The number of anilines is 2. The molecule has 0 saturated carbocycles. The molecule has 4 rings (SSSR count). The van der Waals surface area contributed by atoms with Gasteiger partial charge < -0.3 is 14.5 Å². The predicted molar refractivity (Wildman–Crippen MR) is 104 cm³/mol. The van der Waals surface area contributed by atoms with E-state index in [0.29, 0.717) is 13.1 Å². The van der Waals surface area contributed by atoms with E-state index in [1.54, 1.807) is 12.4 Å². The number of nitrogens with zero attached hydrogens (tertiary/aromatic N) is 4. The average molecular weight is 366 g/mol. The third kappa shape index (κ3) is 3.36. The van der Waals surface area contributed by atoms with Crippen LogP contribution in [0.15, 0.2) is 42.7 Å². The number of piperidine rings is 1. The summed E-state index contributed by atoms with van der Waals surface area (Å²) in [4.78, 5) is 25.4. The zero-order valence-electron chi connectivity index (χ0n) is 16.2. The van der Waals surface area contributed by atoms with Crippen LogP contribution in [0.5, 0.6) is 0 Å². The fourth-order valence-electron chi connectivity index (χ4n) is 4.11. The first kappa shape index (κ1) is 17.8. The first-order chi connectivity index (χ1) is 12.9. The summed E-state index contributed by atoms with van der Waals surface area (Å²) >= 11 is 0. The lowest BCUT2D eigenvalue weighted by molar-refractivity contribution is 0.0171. The number of carbonyl (C=O) groups excluding carboxylic acids is 1. The molecular weight excluding hydrogens is 340 g/mol. The number of carbonyl (C=O) groups is 1. The third-order valence-corrected chi connectivity index (χ3v) is 5.39. The van der Waals surface area contributed by atoms with Crippen molar-refractivity contribution in [2.75, 3.05) is 24.5 Å². The van der Waals surface area contributed by atoms with Gasteiger partial charge in [0.1, 0.15) is 5.60 Å². The van der Waals surface area contributed by atoms with Crippen molar-refractivity contribution >= 4 is 17.7 Å². The Morgan fingerprint density at radius 1 is 1.07 bits per heavy atom.